The van der Waals surface area contributed by atoms with Crippen LogP contribution in [0.25, 0.3) is 28.5 Å². The summed E-state index contributed by atoms with van der Waals surface area (Å²) in [5.41, 5.74) is 4.76. The number of carbonyl (C=O) groups is 1. The first kappa shape index (κ1) is 22.8. The molecule has 0 spiro atoms. The second kappa shape index (κ2) is 9.63. The molecule has 0 bridgehead atoms. The number of hydrogen-bond acceptors (Lipinski definition) is 4. The molecule has 3 aromatic rings. The van der Waals surface area contributed by atoms with E-state index in [1.165, 1.54) is 18.2 Å². The fourth-order valence-electron chi connectivity index (χ4n) is 3.92. The van der Waals surface area contributed by atoms with Crippen LogP contribution in [0, 0.1) is 5.82 Å². The van der Waals surface area contributed by atoms with E-state index in [1.54, 1.807) is 18.2 Å². The highest BCUT2D eigenvalue weighted by Crippen LogP contribution is 2.35. The van der Waals surface area contributed by atoms with Gasteiger partial charge >= 0.3 is 5.97 Å². The Morgan fingerprint density at radius 2 is 1.79 bits per heavy atom. The molecule has 2 heterocycles. The molecule has 2 aromatic carbocycles. The largest absolute Gasteiger partial charge is 0.455 e. The number of carbonyl (C=O) groups excluding carboxylic acids is 1. The molecule has 0 saturated carbocycles. The van der Waals surface area contributed by atoms with E-state index in [0.29, 0.717) is 0 Å². The number of hydrogen-bond donors (Lipinski definition) is 1. The molecule has 1 fully saturated rings. The minimum Gasteiger partial charge on any atom is -0.455 e. The zero-order valence-corrected chi connectivity index (χ0v) is 18.4. The molecule has 3 atom stereocenters. The molecule has 1 aliphatic rings. The third kappa shape index (κ3) is 5.01. The van der Waals surface area contributed by atoms with E-state index >= 15 is 0 Å². The minimum atomic E-state index is -1.72. The predicted molar refractivity (Wildman–Crippen MR) is 124 cm³/mol. The normalized spacial score (nSPS) is 20.9. The Labute approximate surface area is 191 Å². The number of alkyl halides is 1. The maximum atomic E-state index is 14.5. The fraction of sp³-hybridized carbons (Fsp3) is 0.259. The lowest BCUT2D eigenvalue weighted by Gasteiger charge is -2.27. The standard InChI is InChI=1S/C27H25F2NO3/c1-16(2)27-20(12-13-24-26(29)23(31)15-25(32)33-24)21(17-8-10-19(28)11-9-17)14-22(30-27)18-6-4-3-5-7-18/h3-14,16,23-24,26,31H,15H2,1-2H3/t23-,24+,26+/m0/s1. The van der Waals surface area contributed by atoms with Gasteiger partial charge in [-0.1, -0.05) is 62.4 Å². The maximum Gasteiger partial charge on any atom is 0.309 e. The van der Waals surface area contributed by atoms with E-state index < -0.39 is 24.3 Å². The van der Waals surface area contributed by atoms with Crippen molar-refractivity contribution in [2.24, 2.45) is 0 Å². The third-order valence-corrected chi connectivity index (χ3v) is 5.64. The second-order valence-corrected chi connectivity index (χ2v) is 8.41. The number of aliphatic hydroxyl groups is 1. The van der Waals surface area contributed by atoms with Crippen molar-refractivity contribution in [3.63, 3.8) is 0 Å². The monoisotopic (exact) mass is 449 g/mol. The summed E-state index contributed by atoms with van der Waals surface area (Å²) in [6.07, 6.45) is -1.55. The van der Waals surface area contributed by atoms with Gasteiger partial charge in [0.05, 0.1) is 23.9 Å². The number of esters is 1. The van der Waals surface area contributed by atoms with Gasteiger partial charge in [-0.3, -0.25) is 9.78 Å². The molecule has 0 unspecified atom stereocenters. The number of pyridine rings is 1. The first-order chi connectivity index (χ1) is 15.8. The summed E-state index contributed by atoms with van der Waals surface area (Å²) in [5.74, 6) is -0.972. The van der Waals surface area contributed by atoms with Crippen molar-refractivity contribution in [1.29, 1.82) is 0 Å². The van der Waals surface area contributed by atoms with Gasteiger partial charge in [-0.25, -0.2) is 8.78 Å². The van der Waals surface area contributed by atoms with Gasteiger partial charge < -0.3 is 9.84 Å². The van der Waals surface area contributed by atoms with E-state index in [1.807, 2.05) is 50.2 Å². The summed E-state index contributed by atoms with van der Waals surface area (Å²) in [6.45, 7) is 4.01. The van der Waals surface area contributed by atoms with Crippen molar-refractivity contribution >= 4 is 12.0 Å². The number of benzene rings is 2. The lowest BCUT2D eigenvalue weighted by molar-refractivity contribution is -0.164. The number of cyclic esters (lactones) is 1. The third-order valence-electron chi connectivity index (χ3n) is 5.64. The van der Waals surface area contributed by atoms with E-state index in [4.69, 9.17) is 9.72 Å². The second-order valence-electron chi connectivity index (χ2n) is 8.41. The van der Waals surface area contributed by atoms with Crippen LogP contribution in [0.15, 0.2) is 66.7 Å². The maximum absolute atomic E-state index is 14.5. The highest BCUT2D eigenvalue weighted by molar-refractivity contribution is 5.81. The Bertz CT molecular complexity index is 1160. The molecule has 4 rings (SSSR count). The lowest BCUT2D eigenvalue weighted by atomic mass is 9.91. The average molecular weight is 449 g/mol. The lowest BCUT2D eigenvalue weighted by Crippen LogP contribution is -2.42. The van der Waals surface area contributed by atoms with Crippen molar-refractivity contribution in [3.8, 4) is 22.4 Å². The van der Waals surface area contributed by atoms with Crippen LogP contribution in [0.2, 0.25) is 0 Å². The molecular weight excluding hydrogens is 424 g/mol. The van der Waals surface area contributed by atoms with Crippen LogP contribution in [-0.4, -0.2) is 34.4 Å². The Balaban J connectivity index is 1.87. The molecule has 4 nitrogen and oxygen atoms in total. The number of nitrogens with zero attached hydrogens (tertiary/aromatic N) is 1. The Hall–Kier alpha value is -3.38. The van der Waals surface area contributed by atoms with Gasteiger partial charge in [-0.2, -0.15) is 0 Å². The topological polar surface area (TPSA) is 59.4 Å². The molecule has 0 aliphatic carbocycles. The first-order valence-electron chi connectivity index (χ1n) is 10.9. The number of halogens is 2. The van der Waals surface area contributed by atoms with Crippen LogP contribution in [0.1, 0.15) is 37.4 Å². The zero-order valence-electron chi connectivity index (χ0n) is 18.4. The van der Waals surface area contributed by atoms with Crippen molar-refractivity contribution in [2.75, 3.05) is 0 Å². The molecular formula is C27H25F2NO3. The van der Waals surface area contributed by atoms with Crippen molar-refractivity contribution in [3.05, 3.63) is 83.8 Å². The van der Waals surface area contributed by atoms with Crippen molar-refractivity contribution < 1.29 is 23.4 Å². The molecule has 1 saturated heterocycles. The number of aromatic nitrogens is 1. The van der Waals surface area contributed by atoms with Crippen LogP contribution in [0.5, 0.6) is 0 Å². The summed E-state index contributed by atoms with van der Waals surface area (Å²) in [6, 6.07) is 17.8. The molecule has 1 aliphatic heterocycles. The summed E-state index contributed by atoms with van der Waals surface area (Å²) in [7, 11) is 0. The van der Waals surface area contributed by atoms with Crippen molar-refractivity contribution in [1.82, 2.24) is 4.98 Å². The summed E-state index contributed by atoms with van der Waals surface area (Å²) >= 11 is 0. The molecule has 0 amide bonds. The summed E-state index contributed by atoms with van der Waals surface area (Å²) in [5, 5.41) is 9.82. The number of aliphatic hydroxyl groups excluding tert-OH is 1. The van der Waals surface area contributed by atoms with Gasteiger partial charge in [-0.15, -0.1) is 0 Å². The predicted octanol–water partition coefficient (Wildman–Crippen LogP) is 5.71. The van der Waals surface area contributed by atoms with Crippen LogP contribution in [0.4, 0.5) is 8.78 Å². The Kier molecular flexibility index (Phi) is 6.65. The quantitative estimate of drug-likeness (QED) is 0.507. The van der Waals surface area contributed by atoms with E-state index in [2.05, 4.69) is 0 Å². The first-order valence-corrected chi connectivity index (χ1v) is 10.9. The Morgan fingerprint density at radius 1 is 1.09 bits per heavy atom. The highest BCUT2D eigenvalue weighted by atomic mass is 19.1. The summed E-state index contributed by atoms with van der Waals surface area (Å²) < 4.78 is 33.2. The van der Waals surface area contributed by atoms with Gasteiger partial charge in [0.15, 0.2) is 12.3 Å². The van der Waals surface area contributed by atoms with Crippen LogP contribution < -0.4 is 0 Å². The summed E-state index contributed by atoms with van der Waals surface area (Å²) in [4.78, 5) is 16.6. The van der Waals surface area contributed by atoms with Crippen molar-refractivity contribution in [2.45, 2.75) is 44.6 Å². The van der Waals surface area contributed by atoms with E-state index in [-0.39, 0.29) is 18.2 Å². The molecule has 0 radical (unpaired) electrons. The van der Waals surface area contributed by atoms with Gasteiger partial charge in [-0.05, 0) is 41.3 Å². The van der Waals surface area contributed by atoms with E-state index in [9.17, 15) is 18.7 Å². The number of ether oxygens (including phenoxy) is 1. The van der Waals surface area contributed by atoms with Gasteiger partial charge in [0.2, 0.25) is 0 Å². The van der Waals surface area contributed by atoms with Gasteiger partial charge in [0.1, 0.15) is 5.82 Å². The van der Waals surface area contributed by atoms with Gasteiger partial charge in [0.25, 0.3) is 0 Å². The number of rotatable bonds is 5. The van der Waals surface area contributed by atoms with Gasteiger partial charge in [0, 0.05) is 11.1 Å². The molecule has 170 valence electrons. The molecule has 33 heavy (non-hydrogen) atoms. The zero-order chi connectivity index (χ0) is 23.5. The smallest absolute Gasteiger partial charge is 0.309 e. The molecule has 6 heteroatoms. The average Bonchev–Trinajstić information content (AvgIpc) is 2.81. The fourth-order valence-corrected chi connectivity index (χ4v) is 3.92. The van der Waals surface area contributed by atoms with Crippen LogP contribution in [0.3, 0.4) is 0 Å². The highest BCUT2D eigenvalue weighted by Gasteiger charge is 2.36. The van der Waals surface area contributed by atoms with Crippen LogP contribution in [-0.2, 0) is 9.53 Å². The molecule has 1 N–H and O–H groups in total. The SMILES string of the molecule is CC(C)c1nc(-c2ccccc2)cc(-c2ccc(F)cc2)c1C=C[C@H]1OC(=O)C[C@H](O)[C@H]1F. The Morgan fingerprint density at radius 3 is 2.45 bits per heavy atom. The van der Waals surface area contributed by atoms with E-state index in [0.717, 1.165) is 33.6 Å². The molecule has 1 aromatic heterocycles. The van der Waals surface area contributed by atoms with Crippen LogP contribution >= 0.6 is 0 Å². The minimum absolute atomic E-state index is 0.0215.